The molecule has 154 valence electrons. The third-order valence-corrected chi connectivity index (χ3v) is 5.59. The molecule has 0 spiro atoms. The quantitative estimate of drug-likeness (QED) is 0.603. The molecule has 3 rings (SSSR count). The molecule has 1 atom stereocenters. The number of carbonyl (C=O) groups is 2. The molecule has 0 aliphatic carbocycles. The Balaban J connectivity index is 1.40. The molecule has 0 aromatic heterocycles. The van der Waals surface area contributed by atoms with Crippen LogP contribution in [0.1, 0.15) is 18.9 Å². The summed E-state index contributed by atoms with van der Waals surface area (Å²) in [5.74, 6) is 1.23. The number of hydrogen-bond donors (Lipinski definition) is 1. The Hall–Kier alpha value is -2.51. The molecule has 0 radical (unpaired) electrons. The predicted molar refractivity (Wildman–Crippen MR) is 115 cm³/mol. The summed E-state index contributed by atoms with van der Waals surface area (Å²) in [6, 6.07) is 17.3. The molecule has 0 saturated carbocycles. The Kier molecular flexibility index (Phi) is 7.95. The Morgan fingerprint density at radius 1 is 1.21 bits per heavy atom. The number of carbonyl (C=O) groups excluding carboxylic acids is 2. The minimum absolute atomic E-state index is 0.0503. The summed E-state index contributed by atoms with van der Waals surface area (Å²) in [7, 11) is 0. The summed E-state index contributed by atoms with van der Waals surface area (Å²) in [5.41, 5.74) is 1.83. The summed E-state index contributed by atoms with van der Waals surface area (Å²) in [5, 5.41) is 2.79. The van der Waals surface area contributed by atoms with Crippen molar-refractivity contribution in [3.63, 3.8) is 0 Å². The van der Waals surface area contributed by atoms with Gasteiger partial charge in [-0.05, 0) is 24.1 Å². The van der Waals surface area contributed by atoms with Gasteiger partial charge in [-0.15, -0.1) is 11.8 Å². The highest BCUT2D eigenvalue weighted by Crippen LogP contribution is 2.25. The zero-order chi connectivity index (χ0) is 20.5. The van der Waals surface area contributed by atoms with Gasteiger partial charge in [0.25, 0.3) is 0 Å². The van der Waals surface area contributed by atoms with Crippen LogP contribution in [0.3, 0.4) is 0 Å². The molecule has 2 aromatic rings. The molecular formula is C22H26N2O4S. The molecule has 7 heteroatoms. The number of ether oxygens (including phenoxy) is 2. The first-order valence-corrected chi connectivity index (χ1v) is 10.7. The van der Waals surface area contributed by atoms with Crippen LogP contribution in [0.25, 0.3) is 0 Å². The van der Waals surface area contributed by atoms with Crippen molar-refractivity contribution >= 4 is 29.3 Å². The van der Waals surface area contributed by atoms with Gasteiger partial charge < -0.3 is 19.7 Å². The monoisotopic (exact) mass is 414 g/mol. The molecular weight excluding hydrogens is 388 g/mol. The van der Waals surface area contributed by atoms with Gasteiger partial charge in [-0.2, -0.15) is 0 Å². The van der Waals surface area contributed by atoms with Crippen LogP contribution in [0.15, 0.2) is 54.6 Å². The predicted octanol–water partition coefficient (Wildman–Crippen LogP) is 3.53. The number of hydrogen-bond acceptors (Lipinski definition) is 5. The minimum Gasteiger partial charge on any atom is -0.493 e. The van der Waals surface area contributed by atoms with E-state index in [0.29, 0.717) is 43.6 Å². The van der Waals surface area contributed by atoms with Crippen LogP contribution in [-0.4, -0.2) is 47.6 Å². The van der Waals surface area contributed by atoms with E-state index in [0.717, 1.165) is 12.0 Å². The number of amides is 2. The van der Waals surface area contributed by atoms with E-state index in [2.05, 4.69) is 5.32 Å². The highest BCUT2D eigenvalue weighted by molar-refractivity contribution is 8.01. The lowest BCUT2D eigenvalue weighted by atomic mass is 10.2. The first-order valence-electron chi connectivity index (χ1n) is 9.65. The van der Waals surface area contributed by atoms with Gasteiger partial charge >= 0.3 is 0 Å². The smallest absolute Gasteiger partial charge is 0.233 e. The SMILES string of the molecule is CC(=O)Nc1cccc(OCCCN2C(=O)CSC2COCc2ccccc2)c1. The number of anilines is 1. The van der Waals surface area contributed by atoms with Gasteiger partial charge in [-0.25, -0.2) is 0 Å². The van der Waals surface area contributed by atoms with Gasteiger partial charge in [0.05, 0.1) is 25.6 Å². The van der Waals surface area contributed by atoms with Crippen LogP contribution in [0.5, 0.6) is 5.75 Å². The molecule has 2 amide bonds. The van der Waals surface area contributed by atoms with Crippen LogP contribution in [0.4, 0.5) is 5.69 Å². The second kappa shape index (κ2) is 10.9. The van der Waals surface area contributed by atoms with Crippen molar-refractivity contribution in [2.75, 3.05) is 30.8 Å². The van der Waals surface area contributed by atoms with Crippen molar-refractivity contribution in [3.8, 4) is 5.75 Å². The maximum atomic E-state index is 12.2. The summed E-state index contributed by atoms with van der Waals surface area (Å²) < 4.78 is 11.6. The van der Waals surface area contributed by atoms with E-state index in [1.807, 2.05) is 53.4 Å². The molecule has 1 unspecified atom stereocenters. The Bertz CT molecular complexity index is 815. The molecule has 1 saturated heterocycles. The molecule has 0 bridgehead atoms. The number of rotatable bonds is 10. The Morgan fingerprint density at radius 3 is 2.83 bits per heavy atom. The number of thioether (sulfide) groups is 1. The first-order chi connectivity index (χ1) is 14.1. The van der Waals surface area contributed by atoms with Gasteiger partial charge in [0.2, 0.25) is 11.8 Å². The van der Waals surface area contributed by atoms with E-state index in [4.69, 9.17) is 9.47 Å². The zero-order valence-electron chi connectivity index (χ0n) is 16.5. The Morgan fingerprint density at radius 2 is 2.03 bits per heavy atom. The largest absolute Gasteiger partial charge is 0.493 e. The maximum Gasteiger partial charge on any atom is 0.233 e. The minimum atomic E-state index is -0.118. The van der Waals surface area contributed by atoms with Crippen molar-refractivity contribution in [1.82, 2.24) is 4.90 Å². The summed E-state index contributed by atoms with van der Waals surface area (Å²) >= 11 is 1.63. The van der Waals surface area contributed by atoms with Gasteiger partial charge in [-0.1, -0.05) is 36.4 Å². The van der Waals surface area contributed by atoms with Gasteiger partial charge in [0, 0.05) is 25.2 Å². The molecule has 1 fully saturated rings. The molecule has 1 aliphatic rings. The number of benzene rings is 2. The van der Waals surface area contributed by atoms with Gasteiger partial charge in [0.15, 0.2) is 0 Å². The average Bonchev–Trinajstić information content (AvgIpc) is 3.05. The highest BCUT2D eigenvalue weighted by atomic mass is 32.2. The molecule has 29 heavy (non-hydrogen) atoms. The lowest BCUT2D eigenvalue weighted by molar-refractivity contribution is -0.129. The van der Waals surface area contributed by atoms with Gasteiger partial charge in [0.1, 0.15) is 11.1 Å². The average molecular weight is 415 g/mol. The summed E-state index contributed by atoms with van der Waals surface area (Å²) in [6.07, 6.45) is 0.728. The first kappa shape index (κ1) is 21.2. The van der Waals surface area contributed by atoms with Crippen LogP contribution in [0, 0.1) is 0 Å². The van der Waals surface area contributed by atoms with Crippen LogP contribution in [0.2, 0.25) is 0 Å². The summed E-state index contributed by atoms with van der Waals surface area (Å²) in [4.78, 5) is 25.2. The second-order valence-corrected chi connectivity index (χ2v) is 7.93. The van der Waals surface area contributed by atoms with Crippen LogP contribution < -0.4 is 10.1 Å². The second-order valence-electron chi connectivity index (χ2n) is 6.76. The standard InChI is InChI=1S/C22H26N2O4S/c1-17(25)23-19-9-5-10-20(13-19)28-12-6-11-24-21(26)16-29-22(24)15-27-14-18-7-3-2-4-8-18/h2-5,7-10,13,22H,6,11-12,14-16H2,1H3,(H,23,25). The lowest BCUT2D eigenvalue weighted by Crippen LogP contribution is -2.36. The van der Waals surface area contributed by atoms with E-state index in [1.165, 1.54) is 6.92 Å². The van der Waals surface area contributed by atoms with Crippen LogP contribution >= 0.6 is 11.8 Å². The third kappa shape index (κ3) is 6.80. The highest BCUT2D eigenvalue weighted by Gasteiger charge is 2.31. The van der Waals surface area contributed by atoms with E-state index in [1.54, 1.807) is 17.8 Å². The Labute approximate surface area is 175 Å². The van der Waals surface area contributed by atoms with E-state index in [-0.39, 0.29) is 17.2 Å². The molecule has 1 aliphatic heterocycles. The topological polar surface area (TPSA) is 67.9 Å². The van der Waals surface area contributed by atoms with Crippen LogP contribution in [-0.2, 0) is 20.9 Å². The van der Waals surface area contributed by atoms with E-state index < -0.39 is 0 Å². The third-order valence-electron chi connectivity index (χ3n) is 4.41. The fraction of sp³-hybridized carbons (Fsp3) is 0.364. The molecule has 1 heterocycles. The van der Waals surface area contributed by atoms with E-state index >= 15 is 0 Å². The van der Waals surface area contributed by atoms with Crippen molar-refractivity contribution in [2.45, 2.75) is 25.3 Å². The number of nitrogens with zero attached hydrogens (tertiary/aromatic N) is 1. The fourth-order valence-electron chi connectivity index (χ4n) is 3.05. The van der Waals surface area contributed by atoms with Crippen molar-refractivity contribution < 1.29 is 19.1 Å². The van der Waals surface area contributed by atoms with E-state index in [9.17, 15) is 9.59 Å². The maximum absolute atomic E-state index is 12.2. The van der Waals surface area contributed by atoms with Crippen molar-refractivity contribution in [1.29, 1.82) is 0 Å². The fourth-order valence-corrected chi connectivity index (χ4v) is 4.15. The number of nitrogens with one attached hydrogen (secondary N) is 1. The van der Waals surface area contributed by atoms with Gasteiger partial charge in [-0.3, -0.25) is 9.59 Å². The van der Waals surface area contributed by atoms with Crippen molar-refractivity contribution in [2.24, 2.45) is 0 Å². The summed E-state index contributed by atoms with van der Waals surface area (Å²) in [6.45, 7) is 3.67. The molecule has 6 nitrogen and oxygen atoms in total. The zero-order valence-corrected chi connectivity index (χ0v) is 17.3. The van der Waals surface area contributed by atoms with Crippen molar-refractivity contribution in [3.05, 3.63) is 60.2 Å². The lowest BCUT2D eigenvalue weighted by Gasteiger charge is -2.23. The normalized spacial score (nSPS) is 16.1. The molecule has 1 N–H and O–H groups in total. The molecule has 2 aromatic carbocycles.